The van der Waals surface area contributed by atoms with Crippen LogP contribution in [0.3, 0.4) is 0 Å². The third kappa shape index (κ3) is 4.82. The monoisotopic (exact) mass is 368 g/mol. The molecule has 1 aromatic carbocycles. The number of likely N-dealkylation sites (tertiary alicyclic amines) is 1. The van der Waals surface area contributed by atoms with Crippen LogP contribution in [0.5, 0.6) is 0 Å². The lowest BCUT2D eigenvalue weighted by atomic mass is 10.2. The SMILES string of the molecule is Cl.O=C(O)c1ccc(Cl)c(S(=O)(=O)NCCN2CCCC2)c1. The third-order valence-corrected chi connectivity index (χ3v) is 5.33. The minimum atomic E-state index is -3.81. The molecule has 0 aromatic heterocycles. The molecule has 1 aliphatic heterocycles. The zero-order chi connectivity index (χ0) is 15.5. The van der Waals surface area contributed by atoms with E-state index >= 15 is 0 Å². The summed E-state index contributed by atoms with van der Waals surface area (Å²) in [4.78, 5) is 12.9. The number of sulfonamides is 1. The summed E-state index contributed by atoms with van der Waals surface area (Å²) in [6, 6.07) is 3.62. The number of nitrogens with zero attached hydrogens (tertiary/aromatic N) is 1. The summed E-state index contributed by atoms with van der Waals surface area (Å²) >= 11 is 5.87. The smallest absolute Gasteiger partial charge is 0.335 e. The molecule has 0 spiro atoms. The average Bonchev–Trinajstić information content (AvgIpc) is 2.91. The largest absolute Gasteiger partial charge is 0.478 e. The van der Waals surface area contributed by atoms with Crippen LogP contribution in [0.25, 0.3) is 0 Å². The number of carboxylic acids is 1. The van der Waals surface area contributed by atoms with Gasteiger partial charge in [-0.05, 0) is 44.1 Å². The molecule has 0 saturated carbocycles. The van der Waals surface area contributed by atoms with Crippen molar-refractivity contribution in [2.75, 3.05) is 26.2 Å². The average molecular weight is 369 g/mol. The fourth-order valence-electron chi connectivity index (χ4n) is 2.26. The normalized spacial score (nSPS) is 15.5. The Bertz CT molecular complexity index is 631. The van der Waals surface area contributed by atoms with E-state index in [4.69, 9.17) is 16.7 Å². The van der Waals surface area contributed by atoms with E-state index in [1.165, 1.54) is 12.1 Å². The Hall–Kier alpha value is -0.860. The summed E-state index contributed by atoms with van der Waals surface area (Å²) in [6.45, 7) is 2.87. The Kier molecular flexibility index (Phi) is 7.08. The molecule has 1 saturated heterocycles. The maximum Gasteiger partial charge on any atom is 0.335 e. The summed E-state index contributed by atoms with van der Waals surface area (Å²) < 4.78 is 26.9. The van der Waals surface area contributed by atoms with Crippen molar-refractivity contribution >= 4 is 40.0 Å². The van der Waals surface area contributed by atoms with E-state index in [9.17, 15) is 13.2 Å². The molecule has 0 amide bonds. The number of benzene rings is 1. The Labute approximate surface area is 140 Å². The highest BCUT2D eigenvalue weighted by Crippen LogP contribution is 2.22. The van der Waals surface area contributed by atoms with Gasteiger partial charge in [-0.1, -0.05) is 11.6 Å². The van der Waals surface area contributed by atoms with Crippen LogP contribution in [0, 0.1) is 0 Å². The van der Waals surface area contributed by atoms with Gasteiger partial charge in [-0.2, -0.15) is 0 Å². The fourth-order valence-corrected chi connectivity index (χ4v) is 3.81. The maximum absolute atomic E-state index is 12.2. The molecule has 0 bridgehead atoms. The zero-order valence-electron chi connectivity index (χ0n) is 11.8. The van der Waals surface area contributed by atoms with Crippen LogP contribution in [0.2, 0.25) is 5.02 Å². The molecule has 2 rings (SSSR count). The number of hydrogen-bond donors (Lipinski definition) is 2. The predicted molar refractivity (Wildman–Crippen MR) is 86.5 cm³/mol. The van der Waals surface area contributed by atoms with Gasteiger partial charge in [0.15, 0.2) is 0 Å². The van der Waals surface area contributed by atoms with Crippen LogP contribution in [0.15, 0.2) is 23.1 Å². The molecule has 0 aliphatic carbocycles. The Balaban J connectivity index is 0.00000242. The first-order valence-corrected chi connectivity index (χ1v) is 8.51. The first-order chi connectivity index (χ1) is 9.90. The fraction of sp³-hybridized carbons (Fsp3) is 0.462. The summed E-state index contributed by atoms with van der Waals surface area (Å²) in [6.07, 6.45) is 2.28. The number of nitrogens with one attached hydrogen (secondary N) is 1. The van der Waals surface area contributed by atoms with Gasteiger partial charge in [-0.3, -0.25) is 0 Å². The standard InChI is InChI=1S/C13H17ClN2O4S.ClH/c14-11-4-3-10(13(17)18)9-12(11)21(19,20)15-5-8-16-6-1-2-7-16;/h3-4,9,15H,1-2,5-8H2,(H,17,18);1H. The molecule has 0 unspecified atom stereocenters. The molecule has 0 radical (unpaired) electrons. The molecule has 9 heteroatoms. The van der Waals surface area contributed by atoms with E-state index in [2.05, 4.69) is 9.62 Å². The minimum Gasteiger partial charge on any atom is -0.478 e. The lowest BCUT2D eigenvalue weighted by molar-refractivity contribution is 0.0696. The van der Waals surface area contributed by atoms with Crippen molar-refractivity contribution in [1.82, 2.24) is 9.62 Å². The van der Waals surface area contributed by atoms with Gasteiger partial charge in [-0.25, -0.2) is 17.9 Å². The van der Waals surface area contributed by atoms with Gasteiger partial charge < -0.3 is 10.0 Å². The summed E-state index contributed by atoms with van der Waals surface area (Å²) in [5.41, 5.74) is -0.112. The molecular weight excluding hydrogens is 351 g/mol. The van der Waals surface area contributed by atoms with Crippen LogP contribution in [0.4, 0.5) is 0 Å². The molecule has 22 heavy (non-hydrogen) atoms. The van der Waals surface area contributed by atoms with Gasteiger partial charge in [0.05, 0.1) is 10.6 Å². The first kappa shape index (κ1) is 19.2. The molecule has 1 fully saturated rings. The van der Waals surface area contributed by atoms with Gasteiger partial charge in [0, 0.05) is 13.1 Å². The van der Waals surface area contributed by atoms with E-state index in [-0.39, 0.29) is 34.4 Å². The summed E-state index contributed by atoms with van der Waals surface area (Å²) in [5, 5.41) is 8.93. The van der Waals surface area contributed by atoms with Gasteiger partial charge in [0.2, 0.25) is 10.0 Å². The van der Waals surface area contributed by atoms with Crippen LogP contribution < -0.4 is 4.72 Å². The van der Waals surface area contributed by atoms with Gasteiger partial charge in [-0.15, -0.1) is 12.4 Å². The lowest BCUT2D eigenvalue weighted by Crippen LogP contribution is -2.33. The molecule has 124 valence electrons. The number of aromatic carboxylic acids is 1. The highest BCUT2D eigenvalue weighted by molar-refractivity contribution is 7.89. The Morgan fingerprint density at radius 3 is 2.55 bits per heavy atom. The Morgan fingerprint density at radius 2 is 1.95 bits per heavy atom. The topological polar surface area (TPSA) is 86.7 Å². The second-order valence-electron chi connectivity index (χ2n) is 4.90. The second kappa shape index (κ2) is 8.12. The predicted octanol–water partition coefficient (Wildman–Crippen LogP) is 1.83. The van der Waals surface area contributed by atoms with Crippen molar-refractivity contribution in [2.45, 2.75) is 17.7 Å². The highest BCUT2D eigenvalue weighted by atomic mass is 35.5. The van der Waals surface area contributed by atoms with Crippen LogP contribution in [-0.4, -0.2) is 50.6 Å². The number of carbonyl (C=O) groups is 1. The van der Waals surface area contributed by atoms with Crippen LogP contribution in [0.1, 0.15) is 23.2 Å². The van der Waals surface area contributed by atoms with E-state index < -0.39 is 16.0 Å². The zero-order valence-corrected chi connectivity index (χ0v) is 14.2. The quantitative estimate of drug-likeness (QED) is 0.799. The highest BCUT2D eigenvalue weighted by Gasteiger charge is 2.20. The molecule has 2 N–H and O–H groups in total. The van der Waals surface area contributed by atoms with Crippen LogP contribution >= 0.6 is 24.0 Å². The third-order valence-electron chi connectivity index (χ3n) is 3.39. The minimum absolute atomic E-state index is 0. The molecule has 6 nitrogen and oxygen atoms in total. The number of rotatable bonds is 6. The summed E-state index contributed by atoms with van der Waals surface area (Å²) in [7, 11) is -3.81. The van der Waals surface area contributed by atoms with Gasteiger partial charge in [0.1, 0.15) is 4.90 Å². The molecule has 1 aromatic rings. The lowest BCUT2D eigenvalue weighted by Gasteiger charge is -2.15. The number of halogens is 2. The molecule has 0 atom stereocenters. The van der Waals surface area contributed by atoms with Crippen LogP contribution in [-0.2, 0) is 10.0 Å². The van der Waals surface area contributed by atoms with Gasteiger partial charge in [0.25, 0.3) is 0 Å². The second-order valence-corrected chi connectivity index (χ2v) is 7.04. The van der Waals surface area contributed by atoms with Crippen molar-refractivity contribution in [3.8, 4) is 0 Å². The number of carboxylic acid groups (broad SMARTS) is 1. The summed E-state index contributed by atoms with van der Waals surface area (Å²) in [5.74, 6) is -1.19. The van der Waals surface area contributed by atoms with E-state index in [0.29, 0.717) is 6.54 Å². The van der Waals surface area contributed by atoms with Gasteiger partial charge >= 0.3 is 5.97 Å². The van der Waals surface area contributed by atoms with Crippen molar-refractivity contribution in [3.63, 3.8) is 0 Å². The van der Waals surface area contributed by atoms with Crippen molar-refractivity contribution in [3.05, 3.63) is 28.8 Å². The van der Waals surface area contributed by atoms with E-state index in [1.807, 2.05) is 0 Å². The number of hydrogen-bond acceptors (Lipinski definition) is 4. The molecular formula is C13H18Cl2N2O4S. The van der Waals surface area contributed by atoms with E-state index in [0.717, 1.165) is 32.0 Å². The first-order valence-electron chi connectivity index (χ1n) is 6.65. The van der Waals surface area contributed by atoms with Crippen molar-refractivity contribution in [2.24, 2.45) is 0 Å². The van der Waals surface area contributed by atoms with Crippen molar-refractivity contribution < 1.29 is 18.3 Å². The molecule has 1 aliphatic rings. The molecule has 1 heterocycles. The van der Waals surface area contributed by atoms with E-state index in [1.54, 1.807) is 0 Å². The maximum atomic E-state index is 12.2. The van der Waals surface area contributed by atoms with Crippen molar-refractivity contribution in [1.29, 1.82) is 0 Å². The Morgan fingerprint density at radius 1 is 1.32 bits per heavy atom.